The van der Waals surface area contributed by atoms with Crippen molar-refractivity contribution in [2.45, 2.75) is 29.1 Å². The van der Waals surface area contributed by atoms with Crippen molar-refractivity contribution in [1.82, 2.24) is 20.3 Å². The van der Waals surface area contributed by atoms with E-state index >= 15 is 0 Å². The first-order valence-corrected chi connectivity index (χ1v) is 8.59. The monoisotopic (exact) mass is 347 g/mol. The van der Waals surface area contributed by atoms with Crippen molar-refractivity contribution in [3.8, 4) is 0 Å². The number of anilines is 1. The SMILES string of the molecule is S=C(NCC1CCCO1)Nc1ccc(Sc2ncccn2)nc1. The molecule has 3 rings (SSSR count). The van der Waals surface area contributed by atoms with Crippen molar-refractivity contribution < 1.29 is 4.74 Å². The topological polar surface area (TPSA) is 72.0 Å². The molecule has 8 heteroatoms. The Labute approximate surface area is 144 Å². The van der Waals surface area contributed by atoms with Crippen molar-refractivity contribution in [3.63, 3.8) is 0 Å². The number of nitrogens with zero attached hydrogens (tertiary/aromatic N) is 3. The largest absolute Gasteiger partial charge is 0.376 e. The van der Waals surface area contributed by atoms with Crippen LogP contribution in [0.2, 0.25) is 0 Å². The summed E-state index contributed by atoms with van der Waals surface area (Å²) in [6.45, 7) is 1.58. The molecule has 1 aliphatic rings. The predicted molar refractivity (Wildman–Crippen MR) is 93.6 cm³/mol. The van der Waals surface area contributed by atoms with Gasteiger partial charge in [-0.25, -0.2) is 15.0 Å². The zero-order valence-electron chi connectivity index (χ0n) is 12.4. The van der Waals surface area contributed by atoms with Crippen LogP contribution in [-0.2, 0) is 4.74 Å². The molecule has 0 radical (unpaired) electrons. The molecule has 0 aromatic carbocycles. The van der Waals surface area contributed by atoms with Crippen molar-refractivity contribution in [3.05, 3.63) is 36.8 Å². The lowest BCUT2D eigenvalue weighted by Gasteiger charge is -2.13. The quantitative estimate of drug-likeness (QED) is 0.631. The third-order valence-electron chi connectivity index (χ3n) is 3.25. The lowest BCUT2D eigenvalue weighted by molar-refractivity contribution is 0.114. The van der Waals surface area contributed by atoms with Crippen LogP contribution in [0.4, 0.5) is 5.69 Å². The highest BCUT2D eigenvalue weighted by Gasteiger charge is 2.15. The number of aromatic nitrogens is 3. The molecule has 1 fully saturated rings. The molecule has 1 saturated heterocycles. The van der Waals surface area contributed by atoms with Gasteiger partial charge in [0.1, 0.15) is 5.03 Å². The van der Waals surface area contributed by atoms with Gasteiger partial charge in [0, 0.05) is 25.5 Å². The number of hydrogen-bond acceptors (Lipinski definition) is 6. The number of rotatable bonds is 5. The van der Waals surface area contributed by atoms with Crippen LogP contribution in [0.5, 0.6) is 0 Å². The Morgan fingerprint density at radius 1 is 1.30 bits per heavy atom. The molecule has 6 nitrogen and oxygen atoms in total. The first kappa shape index (κ1) is 16.1. The number of nitrogens with one attached hydrogen (secondary N) is 2. The van der Waals surface area contributed by atoms with Crippen LogP contribution in [0.1, 0.15) is 12.8 Å². The molecule has 0 spiro atoms. The lowest BCUT2D eigenvalue weighted by Crippen LogP contribution is -2.34. The maximum absolute atomic E-state index is 5.55. The van der Waals surface area contributed by atoms with Gasteiger partial charge in [-0.1, -0.05) is 0 Å². The number of pyridine rings is 1. The van der Waals surface area contributed by atoms with Gasteiger partial charge < -0.3 is 15.4 Å². The second-order valence-electron chi connectivity index (χ2n) is 4.99. The Hall–Kier alpha value is -1.77. The van der Waals surface area contributed by atoms with E-state index in [4.69, 9.17) is 17.0 Å². The fraction of sp³-hybridized carbons (Fsp3) is 0.333. The minimum Gasteiger partial charge on any atom is -0.376 e. The molecule has 2 N–H and O–H groups in total. The maximum atomic E-state index is 5.55. The van der Waals surface area contributed by atoms with E-state index in [1.807, 2.05) is 12.1 Å². The van der Waals surface area contributed by atoms with Crippen LogP contribution >= 0.6 is 24.0 Å². The van der Waals surface area contributed by atoms with Crippen LogP contribution < -0.4 is 10.6 Å². The van der Waals surface area contributed by atoms with E-state index in [1.54, 1.807) is 24.7 Å². The van der Waals surface area contributed by atoms with Gasteiger partial charge in [-0.15, -0.1) is 0 Å². The molecular weight excluding hydrogens is 330 g/mol. The van der Waals surface area contributed by atoms with Crippen molar-refractivity contribution in [1.29, 1.82) is 0 Å². The van der Waals surface area contributed by atoms with Gasteiger partial charge in [-0.2, -0.15) is 0 Å². The van der Waals surface area contributed by atoms with Crippen molar-refractivity contribution in [2.24, 2.45) is 0 Å². The van der Waals surface area contributed by atoms with Gasteiger partial charge in [0.05, 0.1) is 18.0 Å². The highest BCUT2D eigenvalue weighted by Crippen LogP contribution is 2.22. The highest BCUT2D eigenvalue weighted by molar-refractivity contribution is 7.99. The van der Waals surface area contributed by atoms with E-state index < -0.39 is 0 Å². The van der Waals surface area contributed by atoms with Crippen LogP contribution in [0.15, 0.2) is 47.0 Å². The average molecular weight is 347 g/mol. The number of thiocarbonyl (C=S) groups is 1. The van der Waals surface area contributed by atoms with Crippen LogP contribution in [0.3, 0.4) is 0 Å². The Bertz CT molecular complexity index is 632. The van der Waals surface area contributed by atoms with Gasteiger partial charge in [0.15, 0.2) is 10.3 Å². The molecule has 23 heavy (non-hydrogen) atoms. The molecule has 2 aromatic heterocycles. The molecule has 1 atom stereocenters. The molecular formula is C15H17N5OS2. The summed E-state index contributed by atoms with van der Waals surface area (Å²) in [6.07, 6.45) is 7.64. The molecule has 0 saturated carbocycles. The fourth-order valence-corrected chi connectivity index (χ4v) is 2.99. The third kappa shape index (κ3) is 5.12. The third-order valence-corrected chi connectivity index (χ3v) is 4.34. The van der Waals surface area contributed by atoms with E-state index in [1.165, 1.54) is 11.8 Å². The predicted octanol–water partition coefficient (Wildman–Crippen LogP) is 2.49. The van der Waals surface area contributed by atoms with Gasteiger partial charge in [-0.05, 0) is 55.0 Å². The van der Waals surface area contributed by atoms with Crippen LogP contribution in [0.25, 0.3) is 0 Å². The second-order valence-corrected chi connectivity index (χ2v) is 6.38. The zero-order chi connectivity index (χ0) is 15.9. The summed E-state index contributed by atoms with van der Waals surface area (Å²) in [7, 11) is 0. The van der Waals surface area contributed by atoms with E-state index in [0.717, 1.165) is 36.7 Å². The summed E-state index contributed by atoms with van der Waals surface area (Å²) in [5.41, 5.74) is 0.841. The first-order chi connectivity index (χ1) is 11.3. The normalized spacial score (nSPS) is 17.0. The summed E-state index contributed by atoms with van der Waals surface area (Å²) in [6, 6.07) is 5.62. The highest BCUT2D eigenvalue weighted by atomic mass is 32.2. The summed E-state index contributed by atoms with van der Waals surface area (Å²) in [5.74, 6) is 0. The van der Waals surface area contributed by atoms with Crippen molar-refractivity contribution in [2.75, 3.05) is 18.5 Å². The summed E-state index contributed by atoms with van der Waals surface area (Å²) in [5, 5.41) is 8.38. The standard InChI is InChI=1S/C15H17N5OS2/c22-14(19-10-12-3-1-8-21-12)20-11-4-5-13(18-9-11)23-15-16-6-2-7-17-15/h2,4-7,9,12H,1,3,8,10H2,(H2,19,20,22). The number of ether oxygens (including phenoxy) is 1. The molecule has 2 aromatic rings. The summed E-state index contributed by atoms with van der Waals surface area (Å²) >= 11 is 6.69. The maximum Gasteiger partial charge on any atom is 0.193 e. The van der Waals surface area contributed by atoms with E-state index in [0.29, 0.717) is 10.3 Å². The van der Waals surface area contributed by atoms with E-state index in [2.05, 4.69) is 25.6 Å². The van der Waals surface area contributed by atoms with Gasteiger partial charge in [0.25, 0.3) is 0 Å². The van der Waals surface area contributed by atoms with Gasteiger partial charge in [-0.3, -0.25) is 0 Å². The van der Waals surface area contributed by atoms with E-state index in [9.17, 15) is 0 Å². The molecule has 1 unspecified atom stereocenters. The van der Waals surface area contributed by atoms with Gasteiger partial charge >= 0.3 is 0 Å². The van der Waals surface area contributed by atoms with E-state index in [-0.39, 0.29) is 6.10 Å². The van der Waals surface area contributed by atoms with Crippen LogP contribution in [-0.4, -0.2) is 39.3 Å². The Morgan fingerprint density at radius 2 is 2.17 bits per heavy atom. The first-order valence-electron chi connectivity index (χ1n) is 7.37. The molecule has 1 aliphatic heterocycles. The van der Waals surface area contributed by atoms with Crippen LogP contribution in [0, 0.1) is 0 Å². The minimum absolute atomic E-state index is 0.262. The molecule has 0 aliphatic carbocycles. The Balaban J connectivity index is 1.47. The molecule has 0 bridgehead atoms. The second kappa shape index (κ2) is 8.19. The minimum atomic E-state index is 0.262. The molecule has 120 valence electrons. The zero-order valence-corrected chi connectivity index (χ0v) is 14.1. The number of hydrogen-bond donors (Lipinski definition) is 2. The lowest BCUT2D eigenvalue weighted by atomic mass is 10.2. The Morgan fingerprint density at radius 3 is 2.87 bits per heavy atom. The molecule has 0 amide bonds. The smallest absolute Gasteiger partial charge is 0.193 e. The summed E-state index contributed by atoms with van der Waals surface area (Å²) < 4.78 is 5.55. The fourth-order valence-electron chi connectivity index (χ4n) is 2.13. The average Bonchev–Trinajstić information content (AvgIpc) is 3.09. The summed E-state index contributed by atoms with van der Waals surface area (Å²) in [4.78, 5) is 12.7. The van der Waals surface area contributed by atoms with Crippen molar-refractivity contribution >= 4 is 34.8 Å². The molecule has 3 heterocycles. The van der Waals surface area contributed by atoms with Gasteiger partial charge in [0.2, 0.25) is 0 Å². The Kier molecular flexibility index (Phi) is 5.73.